The molecule has 1 radical (unpaired) electrons. The topological polar surface area (TPSA) is 583 Å². The van der Waals surface area contributed by atoms with E-state index in [-0.39, 0.29) is 42.8 Å². The summed E-state index contributed by atoms with van der Waals surface area (Å²) in [7, 11) is 0. The van der Waals surface area contributed by atoms with E-state index < -0.39 is 228 Å². The van der Waals surface area contributed by atoms with E-state index in [0.717, 1.165) is 17.7 Å². The van der Waals surface area contributed by atoms with E-state index in [9.17, 15) is 80.5 Å². The number of carbonyl (C=O) groups is 5. The number of guanidine groups is 2. The van der Waals surface area contributed by atoms with Crippen LogP contribution in [-0.2, 0) is 70.0 Å². The summed E-state index contributed by atoms with van der Waals surface area (Å²) in [6.07, 6.45) is -24.7. The maximum atomic E-state index is 15.2. The molecule has 101 heavy (non-hydrogen) atoms. The second-order valence-electron chi connectivity index (χ2n) is 26.1. The molecular formula is C64H95N12O25. The zero-order valence-corrected chi connectivity index (χ0v) is 55.9. The number of aliphatic hydroxyl groups excluding tert-OH is 12. The molecule has 6 fully saturated rings. The van der Waals surface area contributed by atoms with Gasteiger partial charge in [-0.1, -0.05) is 55.0 Å². The van der Waals surface area contributed by atoms with E-state index in [0.29, 0.717) is 17.5 Å². The van der Waals surface area contributed by atoms with Crippen LogP contribution in [0.4, 0.5) is 0 Å². The van der Waals surface area contributed by atoms with Crippen molar-refractivity contribution in [1.29, 1.82) is 10.8 Å². The number of nitrogens with two attached hydrogens (primary N) is 1. The molecule has 2 aromatic rings. The molecule has 37 nitrogen and oxygen atoms in total. The Morgan fingerprint density at radius 3 is 2.03 bits per heavy atom. The van der Waals surface area contributed by atoms with Crippen molar-refractivity contribution in [3.63, 3.8) is 0 Å². The highest BCUT2D eigenvalue weighted by Gasteiger charge is 2.55. The molecule has 21 unspecified atom stereocenters. The fourth-order valence-corrected chi connectivity index (χ4v) is 12.6. The summed E-state index contributed by atoms with van der Waals surface area (Å²) in [6.45, 7) is 3.69. The number of ether oxygens (including phenoxy) is 7. The van der Waals surface area contributed by atoms with Crippen LogP contribution in [0.25, 0.3) is 0 Å². The normalized spacial score (nSPS) is 31.9. The van der Waals surface area contributed by atoms with Crippen molar-refractivity contribution in [2.75, 3.05) is 46.1 Å². The van der Waals surface area contributed by atoms with E-state index in [2.05, 4.69) is 48.6 Å². The number of nitrogens with one attached hydrogen (secondary N) is 10. The van der Waals surface area contributed by atoms with Gasteiger partial charge in [0.05, 0.1) is 45.1 Å². The van der Waals surface area contributed by atoms with Gasteiger partial charge >= 0.3 is 0 Å². The molecule has 6 saturated heterocycles. The Hall–Kier alpha value is -7.22. The summed E-state index contributed by atoms with van der Waals surface area (Å²) in [4.78, 5) is 84.7. The average Bonchev–Trinajstić information content (AvgIpc) is 1.74. The fourth-order valence-electron chi connectivity index (χ4n) is 12.6. The number of nitrogens with zero attached hydrogens (tertiary/aromatic N) is 1. The quantitative estimate of drug-likeness (QED) is 0.0303. The minimum atomic E-state index is -2.32. The number of hydrogen-bond donors (Lipinski definition) is 23. The average molecular weight is 1430 g/mol. The van der Waals surface area contributed by atoms with Crippen LogP contribution in [0.5, 0.6) is 5.75 Å². The monoisotopic (exact) mass is 1430 g/mol. The van der Waals surface area contributed by atoms with Crippen LogP contribution in [0.15, 0.2) is 60.2 Å². The van der Waals surface area contributed by atoms with Crippen molar-refractivity contribution in [1.82, 2.24) is 47.4 Å². The molecule has 561 valence electrons. The third kappa shape index (κ3) is 19.7. The Morgan fingerprint density at radius 1 is 0.733 bits per heavy atom. The number of aryl methyl sites for hydroxylation is 1. The zero-order chi connectivity index (χ0) is 73.7. The molecule has 0 spiro atoms. The van der Waals surface area contributed by atoms with Crippen molar-refractivity contribution in [2.24, 2.45) is 11.7 Å². The number of fused-ring (bicyclic) bond motifs is 1. The maximum Gasteiger partial charge on any atom is 0.246 e. The van der Waals surface area contributed by atoms with Crippen LogP contribution >= 0.6 is 0 Å². The molecule has 0 bridgehead atoms. The second kappa shape index (κ2) is 36.3. The number of allylic oxidation sites excluding steroid dienone is 2. The smallest absolute Gasteiger partial charge is 0.246 e. The van der Waals surface area contributed by atoms with Crippen molar-refractivity contribution < 1.29 is 123 Å². The summed E-state index contributed by atoms with van der Waals surface area (Å²) in [5.74, 6) is -6.65. The molecule has 37 heteroatoms. The van der Waals surface area contributed by atoms with Gasteiger partial charge < -0.3 is 148 Å². The molecule has 2 aromatic carbocycles. The number of amides is 5. The van der Waals surface area contributed by atoms with Gasteiger partial charge in [0.1, 0.15) is 121 Å². The van der Waals surface area contributed by atoms with Crippen LogP contribution in [0.2, 0.25) is 0 Å². The van der Waals surface area contributed by atoms with Crippen molar-refractivity contribution in [3.05, 3.63) is 76.9 Å². The summed E-state index contributed by atoms with van der Waals surface area (Å²) in [6, 6.07) is -0.189. The highest BCUT2D eigenvalue weighted by Crippen LogP contribution is 2.35. The lowest BCUT2D eigenvalue weighted by Crippen LogP contribution is -2.69. The first-order valence-electron chi connectivity index (χ1n) is 33.2. The van der Waals surface area contributed by atoms with Crippen molar-refractivity contribution in [2.45, 2.75) is 213 Å². The van der Waals surface area contributed by atoms with Crippen LogP contribution in [0, 0.1) is 23.7 Å². The van der Waals surface area contributed by atoms with Gasteiger partial charge in [0.25, 0.3) is 0 Å². The van der Waals surface area contributed by atoms with E-state index >= 15 is 9.59 Å². The molecule has 8 rings (SSSR count). The summed E-state index contributed by atoms with van der Waals surface area (Å²) >= 11 is 0. The number of benzene rings is 2. The molecule has 6 aliphatic heterocycles. The molecule has 0 aliphatic carbocycles. The lowest BCUT2D eigenvalue weighted by Gasteiger charge is -2.48. The highest BCUT2D eigenvalue weighted by atomic mass is 16.8. The Morgan fingerprint density at radius 2 is 1.39 bits per heavy atom. The summed E-state index contributed by atoms with van der Waals surface area (Å²) < 4.78 is 41.4. The van der Waals surface area contributed by atoms with Crippen LogP contribution < -0.4 is 53.0 Å². The minimum Gasteiger partial charge on any atom is -0.462 e. The van der Waals surface area contributed by atoms with E-state index in [1.165, 1.54) is 36.1 Å². The molecule has 0 aromatic heterocycles. The van der Waals surface area contributed by atoms with Crippen molar-refractivity contribution >= 4 is 47.7 Å². The first-order valence-corrected chi connectivity index (χ1v) is 33.2. The predicted molar refractivity (Wildman–Crippen MR) is 347 cm³/mol. The molecule has 26 atom stereocenters. The van der Waals surface area contributed by atoms with Gasteiger partial charge in [-0.15, -0.1) is 0 Å². The summed E-state index contributed by atoms with van der Waals surface area (Å²) in [5.41, 5.74) is 8.40. The fraction of sp³-hybridized carbons (Fsp3) is 0.656. The molecule has 24 N–H and O–H groups in total. The number of hydrogen-bond acceptors (Lipinski definition) is 28. The molecule has 5 amide bonds. The van der Waals surface area contributed by atoms with Crippen molar-refractivity contribution in [3.8, 4) is 5.75 Å². The lowest BCUT2D eigenvalue weighted by molar-refractivity contribution is -0.382. The third-order valence-electron chi connectivity index (χ3n) is 18.4. The minimum absolute atomic E-state index is 0.0458. The Balaban J connectivity index is 1.03. The highest BCUT2D eigenvalue weighted by molar-refractivity contribution is 5.97. The molecule has 6 aliphatic rings. The van der Waals surface area contributed by atoms with Gasteiger partial charge in [-0.25, -0.2) is 0 Å². The van der Waals surface area contributed by atoms with Gasteiger partial charge in [-0.05, 0) is 68.4 Å². The Bertz CT molecular complexity index is 3170. The van der Waals surface area contributed by atoms with Gasteiger partial charge in [0.2, 0.25) is 42.1 Å². The summed E-state index contributed by atoms with van der Waals surface area (Å²) in [5, 5.41) is 169. The second-order valence-corrected chi connectivity index (χ2v) is 26.1. The number of carbonyl (C=O) groups excluding carboxylic acids is 6. The first-order chi connectivity index (χ1) is 48.1. The van der Waals surface area contributed by atoms with Crippen LogP contribution in [0.3, 0.4) is 0 Å². The SMILES string of the molecule is CC(C)=CCCC(C)CC1OCC2OC(OC3C(CO)OC(Oc4ccc(C[C@H](NC(=O)[C@H](Cc5ccccc5C)NC(=O)CN)C(=O)N[C@H](C(=O)N[C@H](C(=O)N[C@H]([C]=O)CO)C(O)C5CNC(=N)N5C5OC(CO)C(O)C(O)C5O)C(O)C5CNC(=N)N5)cc4)C(O)C3O)C(O)C(O)C2O1. The van der Waals surface area contributed by atoms with Gasteiger partial charge in [0.15, 0.2) is 30.7 Å². The molecule has 0 saturated carbocycles. The van der Waals surface area contributed by atoms with E-state index in [1.807, 2.05) is 20.8 Å². The van der Waals surface area contributed by atoms with Crippen LogP contribution in [0.1, 0.15) is 56.7 Å². The molecule has 6 heterocycles. The Kier molecular flexibility index (Phi) is 28.5. The first kappa shape index (κ1) is 79.5. The van der Waals surface area contributed by atoms with E-state index in [1.54, 1.807) is 31.2 Å². The van der Waals surface area contributed by atoms with Gasteiger partial charge in [-0.3, -0.25) is 39.6 Å². The predicted octanol–water partition coefficient (Wildman–Crippen LogP) is -9.34. The number of rotatable bonds is 32. The van der Waals surface area contributed by atoms with E-state index in [4.69, 9.17) is 49.7 Å². The third-order valence-corrected chi connectivity index (χ3v) is 18.4. The van der Waals surface area contributed by atoms with Gasteiger partial charge in [-0.2, -0.15) is 0 Å². The zero-order valence-electron chi connectivity index (χ0n) is 55.9. The number of aliphatic hydroxyl groups is 12. The largest absolute Gasteiger partial charge is 0.462 e. The molecular weight excluding hydrogens is 1340 g/mol. The Labute approximate surface area is 580 Å². The standard InChI is InChI=1S/C64H95N12O25/c1-27(2)8-7-9-28(3)16-42-95-26-40-55(100-42)50(87)53(90)62(99-40)101-54-39(25-80)98-61(52(89)49(54)86)96-33-14-12-30(13-15-33)17-34(72-56(91)35(71-41(81)19-65)18-31-11-6-5-10-29(31)4)57(92)74-43(45(82)36-20-68-63(66)73-36)59(94)75-44(58(93)70-32(22-77)23-78)46(83)37-21-69-64(67)76(37)60-51(88)48(85)47(84)38(24-79)97-60/h5-6,8,10-15,28,32,34-40,42-55,60-62,77,79-80,82-90H,7,9,16-22,24-26,65H2,1-4H3,(H2,67,69)(H,70,93)(H,71,81)(H,72,91)(H,74,92)(H,75,94)(H3,66,68,73)/t28?,32-,34-,35-,36?,37?,38?,39?,40?,42?,43-,44-,45?,46?,47?,48?,49?,50?,51?,52?,53?,54?,55?,60?,61?,62?/m0/s1. The van der Waals surface area contributed by atoms with Gasteiger partial charge in [0, 0.05) is 32.4 Å². The lowest BCUT2D eigenvalue weighted by atomic mass is 9.95. The maximum absolute atomic E-state index is 15.2. The van der Waals surface area contributed by atoms with Crippen LogP contribution in [-0.4, -0.2) is 313 Å².